The molecule has 1 aromatic heterocycles. The van der Waals surface area contributed by atoms with Gasteiger partial charge in [0.25, 0.3) is 0 Å². The average molecular weight is 419 g/mol. The summed E-state index contributed by atoms with van der Waals surface area (Å²) in [6.45, 7) is 6.85. The van der Waals surface area contributed by atoms with Gasteiger partial charge >= 0.3 is 0 Å². The molecule has 1 aliphatic rings. The van der Waals surface area contributed by atoms with Crippen LogP contribution in [0.15, 0.2) is 53.6 Å². The molecule has 1 unspecified atom stereocenters. The molecule has 0 spiro atoms. The number of pyridine rings is 1. The number of piperazine rings is 1. The second kappa shape index (κ2) is 10.7. The molecule has 0 bridgehead atoms. The first-order valence-electron chi connectivity index (χ1n) is 9.67. The summed E-state index contributed by atoms with van der Waals surface area (Å²) < 4.78 is 0. The lowest BCUT2D eigenvalue weighted by atomic mass is 10.2. The molecule has 0 radical (unpaired) electrons. The Balaban J connectivity index is 1.33. The minimum absolute atomic E-state index is 0.0965. The predicted octanol–water partition coefficient (Wildman–Crippen LogP) is 3.54. The number of carbonyl (C=O) groups excluding carboxylic acids is 1. The normalized spacial score (nSPS) is 16.0. The van der Waals surface area contributed by atoms with E-state index in [1.165, 1.54) is 0 Å². The number of amides is 1. The number of rotatable bonds is 8. The zero-order valence-electron chi connectivity index (χ0n) is 16.2. The molecule has 1 N–H and O–H groups in total. The molecular formula is C21H27ClN4OS. The number of nitrogens with zero attached hydrogens (tertiary/aromatic N) is 3. The largest absolute Gasteiger partial charge is 0.354 e. The smallest absolute Gasteiger partial charge is 0.221 e. The standard InChI is InChI=1S/C21H27ClN4OS/c1-17(24-21(27)9-15-28-19-7-3-2-6-18(19)22)16-25-11-13-26(14-12-25)20-8-4-5-10-23-20/h2-8,10,17H,9,11-16H2,1H3,(H,24,27). The predicted molar refractivity (Wildman–Crippen MR) is 117 cm³/mol. The van der Waals surface area contributed by atoms with Gasteiger partial charge in [0, 0.05) is 62.0 Å². The van der Waals surface area contributed by atoms with Crippen LogP contribution in [-0.4, -0.2) is 60.3 Å². The van der Waals surface area contributed by atoms with Crippen LogP contribution in [0.4, 0.5) is 5.82 Å². The number of nitrogens with one attached hydrogen (secondary N) is 1. The Labute approximate surface area is 176 Å². The van der Waals surface area contributed by atoms with E-state index in [1.807, 2.05) is 42.6 Å². The third-order valence-corrected chi connectivity index (χ3v) is 6.23. The van der Waals surface area contributed by atoms with Crippen LogP contribution in [0, 0.1) is 0 Å². The maximum atomic E-state index is 12.2. The molecule has 3 rings (SSSR count). The Morgan fingerprint density at radius 2 is 1.93 bits per heavy atom. The van der Waals surface area contributed by atoms with E-state index >= 15 is 0 Å². The molecule has 150 valence electrons. The monoisotopic (exact) mass is 418 g/mol. The summed E-state index contributed by atoms with van der Waals surface area (Å²) in [6.07, 6.45) is 2.33. The summed E-state index contributed by atoms with van der Waals surface area (Å²) >= 11 is 7.77. The highest BCUT2D eigenvalue weighted by Gasteiger charge is 2.20. The van der Waals surface area contributed by atoms with Gasteiger partial charge in [-0.1, -0.05) is 29.8 Å². The van der Waals surface area contributed by atoms with Crippen molar-refractivity contribution < 1.29 is 4.79 Å². The van der Waals surface area contributed by atoms with Crippen molar-refractivity contribution in [1.82, 2.24) is 15.2 Å². The zero-order valence-corrected chi connectivity index (χ0v) is 17.8. The van der Waals surface area contributed by atoms with Crippen LogP contribution >= 0.6 is 23.4 Å². The van der Waals surface area contributed by atoms with E-state index in [9.17, 15) is 4.79 Å². The van der Waals surface area contributed by atoms with Crippen LogP contribution in [0.2, 0.25) is 5.02 Å². The van der Waals surface area contributed by atoms with E-state index in [4.69, 9.17) is 11.6 Å². The highest BCUT2D eigenvalue weighted by molar-refractivity contribution is 7.99. The molecule has 28 heavy (non-hydrogen) atoms. The van der Waals surface area contributed by atoms with Crippen LogP contribution < -0.4 is 10.2 Å². The van der Waals surface area contributed by atoms with Gasteiger partial charge in [-0.15, -0.1) is 11.8 Å². The molecule has 5 nitrogen and oxygen atoms in total. The van der Waals surface area contributed by atoms with Gasteiger partial charge in [0.15, 0.2) is 0 Å². The second-order valence-electron chi connectivity index (χ2n) is 6.97. The van der Waals surface area contributed by atoms with Crippen molar-refractivity contribution in [3.63, 3.8) is 0 Å². The van der Waals surface area contributed by atoms with Crippen LogP contribution in [0.25, 0.3) is 0 Å². The highest BCUT2D eigenvalue weighted by Crippen LogP contribution is 2.26. The summed E-state index contributed by atoms with van der Waals surface area (Å²) in [7, 11) is 0. The van der Waals surface area contributed by atoms with Crippen LogP contribution in [0.3, 0.4) is 0 Å². The topological polar surface area (TPSA) is 48.5 Å². The lowest BCUT2D eigenvalue weighted by Gasteiger charge is -2.36. The van der Waals surface area contributed by atoms with Crippen molar-refractivity contribution in [3.8, 4) is 0 Å². The number of anilines is 1. The van der Waals surface area contributed by atoms with E-state index < -0.39 is 0 Å². The summed E-state index contributed by atoms with van der Waals surface area (Å²) in [5, 5.41) is 3.86. The lowest BCUT2D eigenvalue weighted by Crippen LogP contribution is -2.51. The van der Waals surface area contributed by atoms with Gasteiger partial charge in [0.05, 0.1) is 5.02 Å². The summed E-state index contributed by atoms with van der Waals surface area (Å²) in [6, 6.07) is 13.9. The van der Waals surface area contributed by atoms with E-state index in [1.54, 1.807) is 11.8 Å². The van der Waals surface area contributed by atoms with Crippen LogP contribution in [0.5, 0.6) is 0 Å². The molecule has 0 saturated carbocycles. The number of hydrogen-bond acceptors (Lipinski definition) is 5. The first-order valence-corrected chi connectivity index (χ1v) is 11.0. The molecule has 1 aromatic carbocycles. The van der Waals surface area contributed by atoms with Crippen LogP contribution in [0.1, 0.15) is 13.3 Å². The van der Waals surface area contributed by atoms with Crippen molar-refractivity contribution in [2.24, 2.45) is 0 Å². The van der Waals surface area contributed by atoms with Gasteiger partial charge in [0.1, 0.15) is 5.82 Å². The van der Waals surface area contributed by atoms with Gasteiger partial charge in [-0.3, -0.25) is 9.69 Å². The van der Waals surface area contributed by atoms with E-state index in [0.717, 1.165) is 54.2 Å². The quantitative estimate of drug-likeness (QED) is 0.664. The van der Waals surface area contributed by atoms with Gasteiger partial charge < -0.3 is 10.2 Å². The fraction of sp³-hybridized carbons (Fsp3) is 0.429. The number of hydrogen-bond donors (Lipinski definition) is 1. The van der Waals surface area contributed by atoms with E-state index in [-0.39, 0.29) is 11.9 Å². The third-order valence-electron chi connectivity index (χ3n) is 4.71. The minimum atomic E-state index is 0.0965. The Morgan fingerprint density at radius 3 is 2.64 bits per heavy atom. The number of halogens is 1. The summed E-state index contributed by atoms with van der Waals surface area (Å²) in [5.41, 5.74) is 0. The maximum Gasteiger partial charge on any atom is 0.221 e. The first-order chi connectivity index (χ1) is 13.6. The molecule has 1 fully saturated rings. The number of benzene rings is 1. The highest BCUT2D eigenvalue weighted by atomic mass is 35.5. The van der Waals surface area contributed by atoms with E-state index in [2.05, 4.69) is 33.1 Å². The Kier molecular flexibility index (Phi) is 8.01. The van der Waals surface area contributed by atoms with Crippen molar-refractivity contribution in [2.45, 2.75) is 24.3 Å². The molecule has 1 aliphatic heterocycles. The van der Waals surface area contributed by atoms with Crippen molar-refractivity contribution in [2.75, 3.05) is 43.4 Å². The molecular weight excluding hydrogens is 392 g/mol. The van der Waals surface area contributed by atoms with Crippen LogP contribution in [-0.2, 0) is 4.79 Å². The SMILES string of the molecule is CC(CN1CCN(c2ccccn2)CC1)NC(=O)CCSc1ccccc1Cl. The Hall–Kier alpha value is -1.76. The van der Waals surface area contributed by atoms with Gasteiger partial charge in [-0.2, -0.15) is 0 Å². The van der Waals surface area contributed by atoms with E-state index in [0.29, 0.717) is 6.42 Å². The Morgan fingerprint density at radius 1 is 1.18 bits per heavy atom. The zero-order chi connectivity index (χ0) is 19.8. The Bertz CT molecular complexity index is 753. The molecule has 1 atom stereocenters. The maximum absolute atomic E-state index is 12.2. The average Bonchev–Trinajstić information content (AvgIpc) is 2.70. The molecule has 2 heterocycles. The molecule has 1 amide bonds. The summed E-state index contributed by atoms with van der Waals surface area (Å²) in [4.78, 5) is 22.4. The molecule has 7 heteroatoms. The number of aromatic nitrogens is 1. The first kappa shape index (κ1) is 21.0. The van der Waals surface area contributed by atoms with Crippen molar-refractivity contribution in [3.05, 3.63) is 53.7 Å². The number of carbonyl (C=O) groups is 1. The second-order valence-corrected chi connectivity index (χ2v) is 8.52. The van der Waals surface area contributed by atoms with Gasteiger partial charge in [-0.25, -0.2) is 4.98 Å². The van der Waals surface area contributed by atoms with Crippen molar-refractivity contribution >= 4 is 35.1 Å². The van der Waals surface area contributed by atoms with Gasteiger partial charge in [0.2, 0.25) is 5.91 Å². The summed E-state index contributed by atoms with van der Waals surface area (Å²) in [5.74, 6) is 1.86. The lowest BCUT2D eigenvalue weighted by molar-refractivity contribution is -0.121. The fourth-order valence-electron chi connectivity index (χ4n) is 3.30. The van der Waals surface area contributed by atoms with Crippen molar-refractivity contribution in [1.29, 1.82) is 0 Å². The fourth-order valence-corrected chi connectivity index (χ4v) is 4.48. The molecule has 0 aliphatic carbocycles. The number of thioether (sulfide) groups is 1. The molecule has 2 aromatic rings. The minimum Gasteiger partial charge on any atom is -0.354 e. The third kappa shape index (κ3) is 6.40. The molecule has 1 saturated heterocycles. The van der Waals surface area contributed by atoms with Gasteiger partial charge in [-0.05, 0) is 31.2 Å².